The Balaban J connectivity index is 2.09. The molecule has 0 radical (unpaired) electrons. The summed E-state index contributed by atoms with van der Waals surface area (Å²) in [5.74, 6) is -0.100. The number of methoxy groups -OCH3 is 1. The molecule has 0 saturated heterocycles. The number of aliphatic hydroxyl groups is 1. The lowest BCUT2D eigenvalue weighted by atomic mass is 10.0. The Hall–Kier alpha value is -2.19. The number of aromatic amines is 1. The molecule has 0 aromatic carbocycles. The van der Waals surface area contributed by atoms with Crippen LogP contribution in [0.5, 0.6) is 0 Å². The summed E-state index contributed by atoms with van der Waals surface area (Å²) in [5.41, 5.74) is 6.71. The summed E-state index contributed by atoms with van der Waals surface area (Å²) in [7, 11) is 1.61. The Morgan fingerprint density at radius 1 is 1.67 bits per heavy atom. The van der Waals surface area contributed by atoms with Crippen molar-refractivity contribution >= 4 is 17.1 Å². The van der Waals surface area contributed by atoms with Crippen molar-refractivity contribution in [3.8, 4) is 0 Å². The van der Waals surface area contributed by atoms with Gasteiger partial charge in [-0.05, 0) is 12.0 Å². The third kappa shape index (κ3) is 2.03. The number of hydrogen-bond acceptors (Lipinski definition) is 6. The van der Waals surface area contributed by atoms with Gasteiger partial charge in [-0.2, -0.15) is 4.98 Å². The highest BCUT2D eigenvalue weighted by atomic mass is 16.5. The first kappa shape index (κ1) is 13.8. The lowest BCUT2D eigenvalue weighted by Gasteiger charge is -2.16. The average Bonchev–Trinajstić information content (AvgIpc) is 2.99. The second kappa shape index (κ2) is 4.97. The maximum Gasteiger partial charge on any atom is 0.280 e. The van der Waals surface area contributed by atoms with Gasteiger partial charge in [0.25, 0.3) is 5.56 Å². The van der Waals surface area contributed by atoms with E-state index in [1.54, 1.807) is 18.0 Å². The number of nitrogens with two attached hydrogens (primary N) is 1. The molecule has 3 rings (SSSR count). The second-order valence-electron chi connectivity index (χ2n) is 5.16. The molecule has 3 atom stereocenters. The molecule has 0 spiro atoms. The standard InChI is InChI=1S/C13H17N5O3/c1-6-7(4-19)9(21-2)3-8(6)18-5-15-10-11(18)16-13(14)17-12(10)20/h5,7-9,19H,1,3-4H2,2H3,(H3,14,16,17,20)/t7-,8-,9-/m0/s1. The van der Waals surface area contributed by atoms with Gasteiger partial charge in [-0.3, -0.25) is 9.78 Å². The van der Waals surface area contributed by atoms with Crippen LogP contribution in [0.2, 0.25) is 0 Å². The van der Waals surface area contributed by atoms with E-state index < -0.39 is 0 Å². The number of aromatic nitrogens is 4. The zero-order valence-electron chi connectivity index (χ0n) is 11.6. The van der Waals surface area contributed by atoms with Crippen molar-refractivity contribution in [2.45, 2.75) is 18.6 Å². The van der Waals surface area contributed by atoms with Gasteiger partial charge in [-0.15, -0.1) is 0 Å². The maximum absolute atomic E-state index is 11.8. The third-order valence-corrected chi connectivity index (χ3v) is 4.09. The molecule has 8 heteroatoms. The quantitative estimate of drug-likeness (QED) is 0.675. The van der Waals surface area contributed by atoms with Crippen LogP contribution in [0.25, 0.3) is 11.2 Å². The van der Waals surface area contributed by atoms with Crippen molar-refractivity contribution in [1.82, 2.24) is 19.5 Å². The van der Waals surface area contributed by atoms with Crippen molar-refractivity contribution < 1.29 is 9.84 Å². The average molecular weight is 291 g/mol. The molecule has 1 aliphatic rings. The zero-order chi connectivity index (χ0) is 15.1. The number of anilines is 1. The van der Waals surface area contributed by atoms with E-state index in [2.05, 4.69) is 21.5 Å². The van der Waals surface area contributed by atoms with E-state index in [4.69, 9.17) is 10.5 Å². The first-order valence-corrected chi connectivity index (χ1v) is 6.61. The maximum atomic E-state index is 11.8. The van der Waals surface area contributed by atoms with Crippen LogP contribution in [0.15, 0.2) is 23.3 Å². The van der Waals surface area contributed by atoms with Crippen LogP contribution in [-0.4, -0.2) is 44.4 Å². The number of fused-ring (bicyclic) bond motifs is 1. The largest absolute Gasteiger partial charge is 0.396 e. The Labute approximate surface area is 120 Å². The first-order chi connectivity index (χ1) is 10.1. The highest BCUT2D eigenvalue weighted by Crippen LogP contribution is 2.41. The van der Waals surface area contributed by atoms with Crippen LogP contribution in [0.1, 0.15) is 12.5 Å². The number of nitrogen functional groups attached to an aromatic ring is 1. The van der Waals surface area contributed by atoms with Crippen LogP contribution >= 0.6 is 0 Å². The predicted molar refractivity (Wildman–Crippen MR) is 76.7 cm³/mol. The topological polar surface area (TPSA) is 119 Å². The Morgan fingerprint density at radius 2 is 2.43 bits per heavy atom. The molecule has 0 bridgehead atoms. The van der Waals surface area contributed by atoms with Gasteiger partial charge in [0.15, 0.2) is 11.2 Å². The summed E-state index contributed by atoms with van der Waals surface area (Å²) < 4.78 is 7.17. The van der Waals surface area contributed by atoms with Crippen molar-refractivity contribution in [2.75, 3.05) is 19.5 Å². The summed E-state index contributed by atoms with van der Waals surface area (Å²) in [6.45, 7) is 4.03. The molecule has 1 aliphatic carbocycles. The summed E-state index contributed by atoms with van der Waals surface area (Å²) in [6, 6.07) is -0.134. The second-order valence-corrected chi connectivity index (χ2v) is 5.16. The van der Waals surface area contributed by atoms with Crippen LogP contribution in [0.3, 0.4) is 0 Å². The molecule has 0 aliphatic heterocycles. The van der Waals surface area contributed by atoms with E-state index >= 15 is 0 Å². The minimum atomic E-state index is -0.373. The fourth-order valence-electron chi connectivity index (χ4n) is 2.98. The van der Waals surface area contributed by atoms with Gasteiger partial charge in [0.1, 0.15) is 0 Å². The van der Waals surface area contributed by atoms with E-state index in [-0.39, 0.29) is 41.7 Å². The molecule has 1 saturated carbocycles. The van der Waals surface area contributed by atoms with E-state index in [1.165, 1.54) is 0 Å². The van der Waals surface area contributed by atoms with Crippen LogP contribution < -0.4 is 11.3 Å². The lowest BCUT2D eigenvalue weighted by molar-refractivity contribution is 0.0532. The van der Waals surface area contributed by atoms with Crippen LogP contribution in [0.4, 0.5) is 5.95 Å². The Kier molecular flexibility index (Phi) is 3.26. The summed E-state index contributed by atoms with van der Waals surface area (Å²) in [4.78, 5) is 22.5. The van der Waals surface area contributed by atoms with Crippen LogP contribution in [0, 0.1) is 5.92 Å². The zero-order valence-corrected chi connectivity index (χ0v) is 11.6. The SMILES string of the molecule is C=C1[C@H](CO)[C@@H](OC)C[C@@H]1n1cnc2c(=O)[nH]c(N)nc21. The predicted octanol–water partition coefficient (Wildman–Crippen LogP) is -0.174. The normalized spacial score (nSPS) is 25.8. The van der Waals surface area contributed by atoms with E-state index in [0.29, 0.717) is 12.1 Å². The van der Waals surface area contributed by atoms with Crippen molar-refractivity contribution in [2.24, 2.45) is 5.92 Å². The van der Waals surface area contributed by atoms with E-state index in [0.717, 1.165) is 5.57 Å². The van der Waals surface area contributed by atoms with Gasteiger partial charge >= 0.3 is 0 Å². The number of nitrogens with one attached hydrogen (secondary N) is 1. The van der Waals surface area contributed by atoms with Gasteiger partial charge in [-0.25, -0.2) is 4.98 Å². The first-order valence-electron chi connectivity index (χ1n) is 6.61. The number of H-pyrrole nitrogens is 1. The fraction of sp³-hybridized carbons (Fsp3) is 0.462. The Morgan fingerprint density at radius 3 is 3.05 bits per heavy atom. The molecule has 0 unspecified atom stereocenters. The molecule has 2 aromatic heterocycles. The summed E-state index contributed by atoms with van der Waals surface area (Å²) >= 11 is 0. The highest BCUT2D eigenvalue weighted by Gasteiger charge is 2.39. The molecule has 112 valence electrons. The smallest absolute Gasteiger partial charge is 0.280 e. The van der Waals surface area contributed by atoms with Gasteiger partial charge in [0.05, 0.1) is 25.1 Å². The van der Waals surface area contributed by atoms with Crippen molar-refractivity contribution in [1.29, 1.82) is 0 Å². The number of nitrogens with zero attached hydrogens (tertiary/aromatic N) is 3. The summed E-state index contributed by atoms with van der Waals surface area (Å²) in [5, 5.41) is 9.50. The minimum Gasteiger partial charge on any atom is -0.396 e. The van der Waals surface area contributed by atoms with E-state index in [9.17, 15) is 9.90 Å². The molecular formula is C13H17N5O3. The lowest BCUT2D eigenvalue weighted by Crippen LogP contribution is -2.20. The number of rotatable bonds is 3. The molecule has 0 amide bonds. The monoisotopic (exact) mass is 291 g/mol. The molecular weight excluding hydrogens is 274 g/mol. The third-order valence-electron chi connectivity index (χ3n) is 4.09. The molecule has 2 aromatic rings. The number of hydrogen-bond donors (Lipinski definition) is 3. The van der Waals surface area contributed by atoms with Crippen molar-refractivity contribution in [3.63, 3.8) is 0 Å². The van der Waals surface area contributed by atoms with Gasteiger partial charge < -0.3 is 20.1 Å². The highest BCUT2D eigenvalue weighted by molar-refractivity contribution is 5.70. The summed E-state index contributed by atoms with van der Waals surface area (Å²) in [6.07, 6.45) is 2.07. The molecule has 8 nitrogen and oxygen atoms in total. The number of ether oxygens (including phenoxy) is 1. The van der Waals surface area contributed by atoms with Crippen molar-refractivity contribution in [3.05, 3.63) is 28.8 Å². The van der Waals surface area contributed by atoms with Gasteiger partial charge in [0.2, 0.25) is 5.95 Å². The molecule has 2 heterocycles. The van der Waals surface area contributed by atoms with Crippen LogP contribution in [-0.2, 0) is 4.74 Å². The fourth-order valence-corrected chi connectivity index (χ4v) is 2.98. The number of aliphatic hydroxyl groups excluding tert-OH is 1. The van der Waals surface area contributed by atoms with Gasteiger partial charge in [0, 0.05) is 13.0 Å². The molecule has 21 heavy (non-hydrogen) atoms. The van der Waals surface area contributed by atoms with E-state index in [1.807, 2.05) is 0 Å². The van der Waals surface area contributed by atoms with Gasteiger partial charge in [-0.1, -0.05) is 6.58 Å². The number of imidazole rings is 1. The molecule has 4 N–H and O–H groups in total. The minimum absolute atomic E-state index is 0.0311. The Bertz CT molecular complexity index is 750. The molecule has 1 fully saturated rings.